The Hall–Kier alpha value is -3.23. The Morgan fingerprint density at radius 3 is 2.64 bits per heavy atom. The van der Waals surface area contributed by atoms with Gasteiger partial charge >= 0.3 is 0 Å². The lowest BCUT2D eigenvalue weighted by molar-refractivity contribution is -0.147. The molecule has 0 unspecified atom stereocenters. The van der Waals surface area contributed by atoms with E-state index in [1.807, 2.05) is 24.3 Å². The predicted octanol–water partition coefficient (Wildman–Crippen LogP) is 0.744. The number of likely N-dealkylation sites (tertiary alicyclic amines) is 2. The number of aromatic nitrogens is 2. The molecule has 2 saturated heterocycles. The predicted molar refractivity (Wildman–Crippen MR) is 95.4 cm³/mol. The number of carbonyl (C=O) groups excluding carboxylic acids is 3. The van der Waals surface area contributed by atoms with Crippen molar-refractivity contribution in [2.45, 2.75) is 25.2 Å². The fraction of sp³-hybridized carbons (Fsp3) is 0.421. The van der Waals surface area contributed by atoms with Gasteiger partial charge in [-0.2, -0.15) is 4.98 Å². The fourth-order valence-corrected chi connectivity index (χ4v) is 3.40. The van der Waals surface area contributed by atoms with E-state index in [4.69, 9.17) is 9.26 Å². The van der Waals surface area contributed by atoms with E-state index < -0.39 is 0 Å². The van der Waals surface area contributed by atoms with E-state index in [9.17, 15) is 14.4 Å². The zero-order chi connectivity index (χ0) is 19.7. The van der Waals surface area contributed by atoms with Crippen molar-refractivity contribution in [3.8, 4) is 5.75 Å². The number of benzene rings is 1. The summed E-state index contributed by atoms with van der Waals surface area (Å²) in [6.45, 7) is 0.684. The van der Waals surface area contributed by atoms with Crippen molar-refractivity contribution in [2.75, 3.05) is 26.7 Å². The number of para-hydroxylation sites is 1. The van der Waals surface area contributed by atoms with E-state index in [2.05, 4.69) is 10.1 Å². The summed E-state index contributed by atoms with van der Waals surface area (Å²) >= 11 is 0. The zero-order valence-electron chi connectivity index (χ0n) is 15.5. The van der Waals surface area contributed by atoms with Gasteiger partial charge in [0.15, 0.2) is 5.82 Å². The molecule has 0 atom stereocenters. The highest BCUT2D eigenvalue weighted by atomic mass is 16.5. The minimum Gasteiger partial charge on any atom is -0.496 e. The summed E-state index contributed by atoms with van der Waals surface area (Å²) in [5.74, 6) is 0.961. The summed E-state index contributed by atoms with van der Waals surface area (Å²) in [5.41, 5.74) is 0.961. The van der Waals surface area contributed by atoms with Crippen LogP contribution in [0.4, 0.5) is 0 Å². The second-order valence-electron chi connectivity index (χ2n) is 6.91. The first-order chi connectivity index (χ1) is 13.5. The smallest absolute Gasteiger partial charge is 0.242 e. The quantitative estimate of drug-likeness (QED) is 0.677. The molecule has 0 aliphatic carbocycles. The highest BCUT2D eigenvalue weighted by molar-refractivity contribution is 6.04. The molecule has 0 spiro atoms. The van der Waals surface area contributed by atoms with Crippen LogP contribution in [0.2, 0.25) is 0 Å². The monoisotopic (exact) mass is 384 g/mol. The fourth-order valence-electron chi connectivity index (χ4n) is 3.40. The van der Waals surface area contributed by atoms with Crippen molar-refractivity contribution >= 4 is 17.7 Å². The van der Waals surface area contributed by atoms with Gasteiger partial charge in [-0.15, -0.1) is 0 Å². The first-order valence-electron chi connectivity index (χ1n) is 9.10. The Labute approximate surface area is 161 Å². The molecule has 2 fully saturated rings. The molecule has 3 heterocycles. The maximum Gasteiger partial charge on any atom is 0.242 e. The average molecular weight is 384 g/mol. The lowest BCUT2D eigenvalue weighted by Gasteiger charge is -2.37. The van der Waals surface area contributed by atoms with Gasteiger partial charge in [0.2, 0.25) is 23.6 Å². The number of rotatable bonds is 6. The molecule has 1 aromatic heterocycles. The molecule has 9 nitrogen and oxygen atoms in total. The van der Waals surface area contributed by atoms with Gasteiger partial charge in [-0.25, -0.2) is 0 Å². The van der Waals surface area contributed by atoms with E-state index in [1.165, 1.54) is 0 Å². The highest BCUT2D eigenvalue weighted by Gasteiger charge is 2.38. The standard InChI is InChI=1S/C19H20N4O5/c1-27-14-5-3-2-4-12(14)8-15-20-19(28-21-15)13-9-22(10-13)18(26)11-23-16(24)6-7-17(23)25/h2-5,13H,6-11H2,1H3. The Kier molecular flexibility index (Phi) is 4.81. The number of ether oxygens (including phenoxy) is 1. The van der Waals surface area contributed by atoms with Crippen LogP contribution >= 0.6 is 0 Å². The number of carbonyl (C=O) groups is 3. The second kappa shape index (κ2) is 7.41. The number of methoxy groups -OCH3 is 1. The Morgan fingerprint density at radius 2 is 1.93 bits per heavy atom. The minimum absolute atomic E-state index is 0.0344. The summed E-state index contributed by atoms with van der Waals surface area (Å²) in [6, 6.07) is 7.64. The molecular weight excluding hydrogens is 364 g/mol. The minimum atomic E-state index is -0.284. The van der Waals surface area contributed by atoms with Crippen molar-refractivity contribution in [1.29, 1.82) is 0 Å². The molecule has 2 aliphatic heterocycles. The summed E-state index contributed by atoms with van der Waals surface area (Å²) in [7, 11) is 1.61. The number of nitrogens with zero attached hydrogens (tertiary/aromatic N) is 4. The topological polar surface area (TPSA) is 106 Å². The third-order valence-electron chi connectivity index (χ3n) is 5.06. The first-order valence-corrected chi connectivity index (χ1v) is 9.10. The molecule has 2 aromatic rings. The van der Waals surface area contributed by atoms with E-state index in [0.29, 0.717) is 31.2 Å². The summed E-state index contributed by atoms with van der Waals surface area (Å²) in [6.07, 6.45) is 0.861. The van der Waals surface area contributed by atoms with Crippen LogP contribution in [0.15, 0.2) is 28.8 Å². The van der Waals surface area contributed by atoms with Gasteiger partial charge in [0.05, 0.1) is 13.0 Å². The first kappa shape index (κ1) is 18.1. The van der Waals surface area contributed by atoms with Crippen molar-refractivity contribution in [1.82, 2.24) is 19.9 Å². The third-order valence-corrected chi connectivity index (χ3v) is 5.06. The molecule has 2 aliphatic rings. The molecule has 9 heteroatoms. The number of amides is 3. The zero-order valence-corrected chi connectivity index (χ0v) is 15.5. The normalized spacial score (nSPS) is 17.2. The highest BCUT2D eigenvalue weighted by Crippen LogP contribution is 2.27. The molecule has 0 N–H and O–H groups in total. The van der Waals surface area contributed by atoms with Gasteiger partial charge in [-0.1, -0.05) is 23.4 Å². The molecule has 28 heavy (non-hydrogen) atoms. The van der Waals surface area contributed by atoms with Gasteiger partial charge < -0.3 is 14.2 Å². The van der Waals surface area contributed by atoms with E-state index >= 15 is 0 Å². The second-order valence-corrected chi connectivity index (χ2v) is 6.91. The van der Waals surface area contributed by atoms with Gasteiger partial charge in [0, 0.05) is 37.9 Å². The molecule has 0 saturated carbocycles. The van der Waals surface area contributed by atoms with Crippen LogP contribution in [0.5, 0.6) is 5.75 Å². The van der Waals surface area contributed by atoms with Crippen LogP contribution < -0.4 is 4.74 Å². The van der Waals surface area contributed by atoms with Gasteiger partial charge in [0.1, 0.15) is 12.3 Å². The maximum atomic E-state index is 12.3. The Bertz CT molecular complexity index is 903. The third kappa shape index (κ3) is 3.47. The SMILES string of the molecule is COc1ccccc1Cc1noc(C2CN(C(=O)CN3C(=O)CCC3=O)C2)n1. The average Bonchev–Trinajstić information content (AvgIpc) is 3.23. The molecule has 0 bridgehead atoms. The van der Waals surface area contributed by atoms with Crippen LogP contribution in [0, 0.1) is 0 Å². The van der Waals surface area contributed by atoms with Crippen molar-refractivity contribution in [3.63, 3.8) is 0 Å². The van der Waals surface area contributed by atoms with Gasteiger partial charge in [0.25, 0.3) is 0 Å². The largest absolute Gasteiger partial charge is 0.496 e. The Balaban J connectivity index is 1.32. The van der Waals surface area contributed by atoms with E-state index in [1.54, 1.807) is 12.0 Å². The van der Waals surface area contributed by atoms with Crippen molar-refractivity contribution < 1.29 is 23.6 Å². The van der Waals surface area contributed by atoms with Crippen LogP contribution in [-0.4, -0.2) is 64.4 Å². The molecule has 1 aromatic carbocycles. The van der Waals surface area contributed by atoms with Crippen LogP contribution in [-0.2, 0) is 20.8 Å². The van der Waals surface area contributed by atoms with E-state index in [-0.39, 0.29) is 43.0 Å². The molecule has 0 radical (unpaired) electrons. The van der Waals surface area contributed by atoms with E-state index in [0.717, 1.165) is 16.2 Å². The summed E-state index contributed by atoms with van der Waals surface area (Å²) in [4.78, 5) is 42.6. The van der Waals surface area contributed by atoms with Crippen LogP contribution in [0.1, 0.15) is 36.0 Å². The number of hydrogen-bond acceptors (Lipinski definition) is 7. The van der Waals surface area contributed by atoms with Crippen LogP contribution in [0.25, 0.3) is 0 Å². The lowest BCUT2D eigenvalue weighted by atomic mass is 10.00. The summed E-state index contributed by atoms with van der Waals surface area (Å²) in [5, 5.41) is 4.02. The maximum absolute atomic E-state index is 12.3. The molecular formula is C19H20N4O5. The lowest BCUT2D eigenvalue weighted by Crippen LogP contribution is -2.52. The van der Waals surface area contributed by atoms with Gasteiger partial charge in [-0.3, -0.25) is 19.3 Å². The number of imide groups is 1. The number of hydrogen-bond donors (Lipinski definition) is 0. The van der Waals surface area contributed by atoms with Gasteiger partial charge in [-0.05, 0) is 6.07 Å². The Morgan fingerprint density at radius 1 is 1.21 bits per heavy atom. The van der Waals surface area contributed by atoms with Crippen LogP contribution in [0.3, 0.4) is 0 Å². The summed E-state index contributed by atoms with van der Waals surface area (Å²) < 4.78 is 10.7. The van der Waals surface area contributed by atoms with Crippen molar-refractivity contribution in [2.24, 2.45) is 0 Å². The molecule has 146 valence electrons. The molecule has 3 amide bonds. The van der Waals surface area contributed by atoms with Crippen molar-refractivity contribution in [3.05, 3.63) is 41.5 Å². The molecule has 4 rings (SSSR count).